The second-order valence-corrected chi connectivity index (χ2v) is 11.9. The van der Waals surface area contributed by atoms with Gasteiger partial charge in [-0.3, -0.25) is 0 Å². The summed E-state index contributed by atoms with van der Waals surface area (Å²) in [6.45, 7) is 0. The van der Waals surface area contributed by atoms with Gasteiger partial charge < -0.3 is 20.4 Å². The molecule has 0 heterocycles. The molecular formula is C38H25IN4O6. The molecule has 0 amide bonds. The van der Waals surface area contributed by atoms with Crippen LogP contribution in [0.4, 0.5) is 22.7 Å². The Morgan fingerprint density at radius 3 is 1.39 bits per heavy atom. The van der Waals surface area contributed by atoms with E-state index in [0.29, 0.717) is 33.6 Å². The first-order valence-corrected chi connectivity index (χ1v) is 15.8. The first kappa shape index (κ1) is 32.7. The van der Waals surface area contributed by atoms with Gasteiger partial charge in [0, 0.05) is 14.7 Å². The van der Waals surface area contributed by atoms with Crippen molar-refractivity contribution in [2.75, 3.05) is 0 Å². The lowest BCUT2D eigenvalue weighted by Crippen LogP contribution is -1.97. The van der Waals surface area contributed by atoms with Crippen LogP contribution in [0.25, 0.3) is 33.4 Å². The van der Waals surface area contributed by atoms with Crippen molar-refractivity contribution in [1.29, 1.82) is 0 Å². The van der Waals surface area contributed by atoms with Crippen molar-refractivity contribution in [3.63, 3.8) is 0 Å². The van der Waals surface area contributed by atoms with E-state index >= 15 is 0 Å². The molecule has 6 rings (SSSR count). The lowest BCUT2D eigenvalue weighted by atomic mass is 10.0. The number of nitrogens with zero attached hydrogens (tertiary/aromatic N) is 4. The third kappa shape index (κ3) is 7.36. The molecule has 240 valence electrons. The van der Waals surface area contributed by atoms with Crippen molar-refractivity contribution in [3.8, 4) is 44.9 Å². The van der Waals surface area contributed by atoms with Crippen molar-refractivity contribution in [2.24, 2.45) is 20.5 Å². The fourth-order valence-electron chi connectivity index (χ4n) is 5.07. The molecule has 0 aliphatic rings. The highest BCUT2D eigenvalue weighted by Crippen LogP contribution is 2.39. The monoisotopic (exact) mass is 760 g/mol. The number of carbonyl (C=O) groups is 2. The SMILES string of the molecule is O=C(O)c1cc(N=Nc2ccc(-c3ccc(N=Nc4cc(C(=O)O)c(O)c(-c5ccccc5)c4)c(I)c3)cc2)cc(-c2ccccc2)c1O. The summed E-state index contributed by atoms with van der Waals surface area (Å²) in [5.74, 6) is -3.23. The summed E-state index contributed by atoms with van der Waals surface area (Å²) in [7, 11) is 0. The molecule has 10 nitrogen and oxygen atoms in total. The summed E-state index contributed by atoms with van der Waals surface area (Å²) < 4.78 is 0.805. The van der Waals surface area contributed by atoms with Crippen LogP contribution in [0.2, 0.25) is 0 Å². The fraction of sp³-hybridized carbons (Fsp3) is 0. The van der Waals surface area contributed by atoms with Crippen LogP contribution in [0.15, 0.2) is 148 Å². The number of carboxylic acids is 2. The summed E-state index contributed by atoms with van der Waals surface area (Å²) in [4.78, 5) is 23.6. The minimum Gasteiger partial charge on any atom is -0.506 e. The Bertz CT molecular complexity index is 2260. The van der Waals surface area contributed by atoms with Crippen molar-refractivity contribution in [2.45, 2.75) is 0 Å². The highest BCUT2D eigenvalue weighted by atomic mass is 127. The third-order valence-corrected chi connectivity index (χ3v) is 8.39. The normalized spacial score (nSPS) is 11.3. The molecule has 49 heavy (non-hydrogen) atoms. The number of hydrogen-bond acceptors (Lipinski definition) is 8. The van der Waals surface area contributed by atoms with Gasteiger partial charge in [-0.1, -0.05) is 78.9 Å². The molecule has 0 aliphatic carbocycles. The Morgan fingerprint density at radius 2 is 0.918 bits per heavy atom. The Balaban J connectivity index is 1.21. The molecule has 0 bridgehead atoms. The molecule has 4 N–H and O–H groups in total. The lowest BCUT2D eigenvalue weighted by Gasteiger charge is -2.09. The van der Waals surface area contributed by atoms with E-state index in [9.17, 15) is 30.0 Å². The zero-order valence-electron chi connectivity index (χ0n) is 25.4. The molecule has 0 unspecified atom stereocenters. The number of benzene rings is 6. The summed E-state index contributed by atoms with van der Waals surface area (Å²) in [6, 6.07) is 36.6. The summed E-state index contributed by atoms with van der Waals surface area (Å²) >= 11 is 2.16. The Hall–Kier alpha value is -6.21. The molecule has 0 fully saturated rings. The summed E-state index contributed by atoms with van der Waals surface area (Å²) in [5.41, 5.74) is 4.93. The standard InChI is InChI=1S/C38H25IN4O6/c39-33-17-25(13-16-34(33)43-42-28-19-30(24-9-5-2-6-10-24)36(45)32(21-28)38(48)49)22-11-14-26(15-12-22)40-41-27-18-29(23-7-3-1-4-8-23)35(44)31(20-27)37(46)47/h1-21,44-45H,(H,46,47)(H,48,49). The molecule has 0 atom stereocenters. The lowest BCUT2D eigenvalue weighted by molar-refractivity contribution is 0.0682. The molecule has 0 spiro atoms. The number of azo groups is 2. The fourth-order valence-corrected chi connectivity index (χ4v) is 5.69. The summed E-state index contributed by atoms with van der Waals surface area (Å²) in [6.07, 6.45) is 0. The van der Waals surface area contributed by atoms with Gasteiger partial charge in [-0.05, 0) is 93.4 Å². The molecule has 0 saturated heterocycles. The van der Waals surface area contributed by atoms with E-state index < -0.39 is 11.9 Å². The Labute approximate surface area is 293 Å². The third-order valence-electron chi connectivity index (χ3n) is 7.52. The van der Waals surface area contributed by atoms with Crippen molar-refractivity contribution >= 4 is 57.3 Å². The average Bonchev–Trinajstić information content (AvgIpc) is 3.11. The first-order valence-electron chi connectivity index (χ1n) is 14.7. The highest BCUT2D eigenvalue weighted by Gasteiger charge is 2.18. The van der Waals surface area contributed by atoms with Crippen molar-refractivity contribution < 1.29 is 30.0 Å². The number of aromatic carboxylic acids is 2. The first-order chi connectivity index (χ1) is 23.7. The van der Waals surface area contributed by atoms with Crippen LogP contribution in [-0.2, 0) is 0 Å². The van der Waals surface area contributed by atoms with Crippen LogP contribution in [0.1, 0.15) is 20.7 Å². The van der Waals surface area contributed by atoms with E-state index in [1.807, 2.05) is 36.4 Å². The molecule has 0 saturated carbocycles. The predicted octanol–water partition coefficient (Wildman–Crippen LogP) is 10.9. The molecule has 6 aromatic rings. The topological polar surface area (TPSA) is 164 Å². The van der Waals surface area contributed by atoms with E-state index in [1.54, 1.807) is 78.9 Å². The Morgan fingerprint density at radius 1 is 0.469 bits per heavy atom. The van der Waals surface area contributed by atoms with Crippen LogP contribution < -0.4 is 0 Å². The number of halogens is 1. The zero-order chi connectivity index (χ0) is 34.5. The number of hydrogen-bond donors (Lipinski definition) is 4. The van der Waals surface area contributed by atoms with Gasteiger partial charge in [-0.25, -0.2) is 9.59 Å². The minimum atomic E-state index is -1.27. The second-order valence-electron chi connectivity index (χ2n) is 10.7. The smallest absolute Gasteiger partial charge is 0.339 e. The van der Waals surface area contributed by atoms with Gasteiger partial charge in [0.05, 0.1) is 22.7 Å². The van der Waals surface area contributed by atoms with Crippen molar-refractivity contribution in [1.82, 2.24) is 0 Å². The maximum absolute atomic E-state index is 11.8. The van der Waals surface area contributed by atoms with Crippen molar-refractivity contribution in [3.05, 3.63) is 142 Å². The summed E-state index contributed by atoms with van der Waals surface area (Å²) in [5, 5.41) is 57.6. The van der Waals surface area contributed by atoms with Gasteiger partial charge in [-0.2, -0.15) is 15.3 Å². The van der Waals surface area contributed by atoms with Crippen LogP contribution >= 0.6 is 22.6 Å². The molecule has 0 aliphatic heterocycles. The van der Waals surface area contributed by atoms with Crippen LogP contribution in [0.5, 0.6) is 11.5 Å². The zero-order valence-corrected chi connectivity index (χ0v) is 27.6. The number of rotatable bonds is 9. The molecule has 0 aromatic heterocycles. The minimum absolute atomic E-state index is 0.270. The second kappa shape index (κ2) is 14.3. The largest absolute Gasteiger partial charge is 0.506 e. The Kier molecular flexibility index (Phi) is 9.53. The average molecular weight is 761 g/mol. The van der Waals surface area contributed by atoms with Gasteiger partial charge in [0.2, 0.25) is 0 Å². The van der Waals surface area contributed by atoms with Crippen LogP contribution in [0.3, 0.4) is 0 Å². The van der Waals surface area contributed by atoms with Gasteiger partial charge in [0.1, 0.15) is 22.6 Å². The number of carboxylic acid groups (broad SMARTS) is 2. The van der Waals surface area contributed by atoms with Gasteiger partial charge in [-0.15, -0.1) is 5.11 Å². The molecule has 6 aromatic carbocycles. The van der Waals surface area contributed by atoms with E-state index in [4.69, 9.17) is 0 Å². The maximum atomic E-state index is 11.8. The van der Waals surface area contributed by atoms with Gasteiger partial charge in [0.15, 0.2) is 0 Å². The highest BCUT2D eigenvalue weighted by molar-refractivity contribution is 14.1. The van der Waals surface area contributed by atoms with E-state index in [1.165, 1.54) is 12.1 Å². The molecular weight excluding hydrogens is 735 g/mol. The van der Waals surface area contributed by atoms with Crippen LogP contribution in [-0.4, -0.2) is 32.4 Å². The maximum Gasteiger partial charge on any atom is 0.339 e. The predicted molar refractivity (Wildman–Crippen MR) is 194 cm³/mol. The number of phenols is 2. The molecule has 0 radical (unpaired) electrons. The number of aromatic hydroxyl groups is 2. The molecule has 11 heteroatoms. The van der Waals surface area contributed by atoms with Gasteiger partial charge >= 0.3 is 11.9 Å². The van der Waals surface area contributed by atoms with Crippen LogP contribution in [0, 0.1) is 3.57 Å². The van der Waals surface area contributed by atoms with E-state index in [0.717, 1.165) is 14.7 Å². The van der Waals surface area contributed by atoms with E-state index in [2.05, 4.69) is 43.0 Å². The van der Waals surface area contributed by atoms with E-state index in [-0.39, 0.29) is 34.0 Å². The quantitative estimate of drug-likeness (QED) is 0.0846. The van der Waals surface area contributed by atoms with Gasteiger partial charge in [0.25, 0.3) is 0 Å².